The van der Waals surface area contributed by atoms with Gasteiger partial charge in [0, 0.05) is 5.69 Å². The molecule has 0 amide bonds. The third-order valence-corrected chi connectivity index (χ3v) is 2.91. The van der Waals surface area contributed by atoms with Crippen molar-refractivity contribution < 1.29 is 8.42 Å². The van der Waals surface area contributed by atoms with E-state index in [9.17, 15) is 8.42 Å². The van der Waals surface area contributed by atoms with Gasteiger partial charge in [0.05, 0.1) is 6.26 Å². The summed E-state index contributed by atoms with van der Waals surface area (Å²) < 4.78 is 24.6. The number of hydrogen-bond acceptors (Lipinski definition) is 2. The molecule has 1 N–H and O–H groups in total. The molecule has 0 bridgehead atoms. The van der Waals surface area contributed by atoms with E-state index in [1.807, 2.05) is 18.2 Å². The molecular formula is C12H19NO2S. The smallest absolute Gasteiger partial charge is 0.229 e. The van der Waals surface area contributed by atoms with Crippen molar-refractivity contribution in [2.75, 3.05) is 11.0 Å². The number of benzene rings is 1. The topological polar surface area (TPSA) is 46.2 Å². The maximum atomic E-state index is 11.1. The first kappa shape index (κ1) is 13.0. The molecule has 0 heterocycles. The van der Waals surface area contributed by atoms with E-state index in [0.717, 1.165) is 19.1 Å². The third-order valence-electron chi connectivity index (χ3n) is 2.30. The number of sulfonamides is 1. The quantitative estimate of drug-likeness (QED) is 0.778. The summed E-state index contributed by atoms with van der Waals surface area (Å²) in [5.74, 6) is 0. The van der Waals surface area contributed by atoms with E-state index in [2.05, 4.69) is 11.6 Å². The summed E-state index contributed by atoms with van der Waals surface area (Å²) in [6.07, 6.45) is 5.73. The number of aryl methyl sites for hydroxylation is 1. The molecular weight excluding hydrogens is 222 g/mol. The lowest BCUT2D eigenvalue weighted by Crippen LogP contribution is -2.09. The van der Waals surface area contributed by atoms with Crippen molar-refractivity contribution in [3.05, 3.63) is 29.8 Å². The molecule has 16 heavy (non-hydrogen) atoms. The molecule has 0 aliphatic rings. The van der Waals surface area contributed by atoms with E-state index >= 15 is 0 Å². The van der Waals surface area contributed by atoms with Crippen LogP contribution in [0.2, 0.25) is 0 Å². The fourth-order valence-corrected chi connectivity index (χ4v) is 2.14. The van der Waals surface area contributed by atoms with Gasteiger partial charge in [0.2, 0.25) is 10.0 Å². The molecule has 0 aliphatic carbocycles. The van der Waals surface area contributed by atoms with Gasteiger partial charge in [0.15, 0.2) is 0 Å². The van der Waals surface area contributed by atoms with Gasteiger partial charge in [-0.3, -0.25) is 4.72 Å². The summed E-state index contributed by atoms with van der Waals surface area (Å²) >= 11 is 0. The molecule has 3 nitrogen and oxygen atoms in total. The van der Waals surface area contributed by atoms with Crippen LogP contribution in [0.3, 0.4) is 0 Å². The molecule has 1 aromatic rings. The predicted octanol–water partition coefficient (Wildman–Crippen LogP) is 2.79. The maximum Gasteiger partial charge on any atom is 0.229 e. The monoisotopic (exact) mass is 241 g/mol. The summed E-state index contributed by atoms with van der Waals surface area (Å²) in [5.41, 5.74) is 1.83. The minimum atomic E-state index is -3.17. The normalized spacial score (nSPS) is 11.4. The fraction of sp³-hybridized carbons (Fsp3) is 0.500. The molecule has 0 atom stereocenters. The SMILES string of the molecule is CCCCCc1cccc(NS(C)(=O)=O)c1. The lowest BCUT2D eigenvalue weighted by Gasteiger charge is -2.06. The highest BCUT2D eigenvalue weighted by molar-refractivity contribution is 7.92. The zero-order valence-electron chi connectivity index (χ0n) is 9.86. The Morgan fingerprint density at radius 3 is 2.62 bits per heavy atom. The first-order chi connectivity index (χ1) is 7.51. The number of rotatable bonds is 6. The van der Waals surface area contributed by atoms with E-state index in [0.29, 0.717) is 5.69 Å². The van der Waals surface area contributed by atoms with Crippen LogP contribution in [0.4, 0.5) is 5.69 Å². The van der Waals surface area contributed by atoms with Gasteiger partial charge in [-0.1, -0.05) is 31.9 Å². The summed E-state index contributed by atoms with van der Waals surface area (Å²) in [7, 11) is -3.17. The number of nitrogens with one attached hydrogen (secondary N) is 1. The molecule has 0 unspecified atom stereocenters. The van der Waals surface area contributed by atoms with Crippen LogP contribution in [-0.2, 0) is 16.4 Å². The van der Waals surface area contributed by atoms with Crippen molar-refractivity contribution in [3.8, 4) is 0 Å². The molecule has 1 aromatic carbocycles. The molecule has 0 fully saturated rings. The number of hydrogen-bond donors (Lipinski definition) is 1. The minimum Gasteiger partial charge on any atom is -0.284 e. The molecule has 90 valence electrons. The average Bonchev–Trinajstić information content (AvgIpc) is 2.16. The van der Waals surface area contributed by atoms with Crippen LogP contribution >= 0.6 is 0 Å². The van der Waals surface area contributed by atoms with Crippen LogP contribution in [0.5, 0.6) is 0 Å². The zero-order valence-corrected chi connectivity index (χ0v) is 10.7. The second kappa shape index (κ2) is 5.89. The summed E-state index contributed by atoms with van der Waals surface area (Å²) in [6, 6.07) is 7.58. The highest BCUT2D eigenvalue weighted by Crippen LogP contribution is 2.14. The Bertz CT molecular complexity index is 426. The van der Waals surface area contributed by atoms with Crippen LogP contribution in [0, 0.1) is 0 Å². The van der Waals surface area contributed by atoms with Crippen LogP contribution in [0.15, 0.2) is 24.3 Å². The zero-order chi connectivity index (χ0) is 12.0. The molecule has 0 saturated heterocycles. The van der Waals surface area contributed by atoms with Crippen molar-refractivity contribution >= 4 is 15.7 Å². The summed E-state index contributed by atoms with van der Waals surface area (Å²) in [4.78, 5) is 0. The van der Waals surface area contributed by atoms with E-state index in [1.165, 1.54) is 18.4 Å². The number of anilines is 1. The minimum absolute atomic E-state index is 0.650. The van der Waals surface area contributed by atoms with Gasteiger partial charge in [-0.25, -0.2) is 8.42 Å². The summed E-state index contributed by atoms with van der Waals surface area (Å²) in [5, 5.41) is 0. The first-order valence-corrected chi connectivity index (χ1v) is 7.47. The Labute approximate surface area is 97.9 Å². The van der Waals surface area contributed by atoms with Crippen molar-refractivity contribution in [1.82, 2.24) is 0 Å². The van der Waals surface area contributed by atoms with E-state index in [4.69, 9.17) is 0 Å². The predicted molar refractivity (Wildman–Crippen MR) is 68.1 cm³/mol. The van der Waals surface area contributed by atoms with Crippen LogP contribution in [0.1, 0.15) is 31.7 Å². The van der Waals surface area contributed by atoms with E-state index in [-0.39, 0.29) is 0 Å². The molecule has 0 spiro atoms. The van der Waals surface area contributed by atoms with Crippen LogP contribution in [0.25, 0.3) is 0 Å². The molecule has 1 rings (SSSR count). The molecule has 0 radical (unpaired) electrons. The Kier molecular flexibility index (Phi) is 4.80. The van der Waals surface area contributed by atoms with Gasteiger partial charge < -0.3 is 0 Å². The van der Waals surface area contributed by atoms with Gasteiger partial charge in [0.25, 0.3) is 0 Å². The highest BCUT2D eigenvalue weighted by Gasteiger charge is 2.02. The lowest BCUT2D eigenvalue weighted by molar-refractivity contribution is 0.607. The molecule has 0 saturated carbocycles. The lowest BCUT2D eigenvalue weighted by atomic mass is 10.1. The molecule has 0 aliphatic heterocycles. The first-order valence-electron chi connectivity index (χ1n) is 5.58. The Balaban J connectivity index is 2.64. The van der Waals surface area contributed by atoms with Crippen molar-refractivity contribution in [3.63, 3.8) is 0 Å². The Hall–Kier alpha value is -1.03. The van der Waals surface area contributed by atoms with Crippen LogP contribution < -0.4 is 4.72 Å². The van der Waals surface area contributed by atoms with Crippen LogP contribution in [-0.4, -0.2) is 14.7 Å². The third kappa shape index (κ3) is 5.16. The highest BCUT2D eigenvalue weighted by atomic mass is 32.2. The second-order valence-corrected chi connectivity index (χ2v) is 5.78. The average molecular weight is 241 g/mol. The van der Waals surface area contributed by atoms with Gasteiger partial charge in [0.1, 0.15) is 0 Å². The van der Waals surface area contributed by atoms with Gasteiger partial charge >= 0.3 is 0 Å². The maximum absolute atomic E-state index is 11.1. The number of unbranched alkanes of at least 4 members (excludes halogenated alkanes) is 2. The largest absolute Gasteiger partial charge is 0.284 e. The molecule has 4 heteroatoms. The van der Waals surface area contributed by atoms with Crippen molar-refractivity contribution in [2.45, 2.75) is 32.6 Å². The van der Waals surface area contributed by atoms with E-state index in [1.54, 1.807) is 6.07 Å². The van der Waals surface area contributed by atoms with Gasteiger partial charge in [-0.05, 0) is 30.5 Å². The standard InChI is InChI=1S/C12H19NO2S/c1-3-4-5-7-11-8-6-9-12(10-11)13-16(2,14)15/h6,8-10,13H,3-5,7H2,1-2H3. The Morgan fingerprint density at radius 2 is 2.00 bits per heavy atom. The van der Waals surface area contributed by atoms with Crippen molar-refractivity contribution in [2.24, 2.45) is 0 Å². The van der Waals surface area contributed by atoms with E-state index < -0.39 is 10.0 Å². The Morgan fingerprint density at radius 1 is 1.25 bits per heavy atom. The molecule has 0 aromatic heterocycles. The van der Waals surface area contributed by atoms with Gasteiger partial charge in [-0.15, -0.1) is 0 Å². The summed E-state index contributed by atoms with van der Waals surface area (Å²) in [6.45, 7) is 2.17. The fourth-order valence-electron chi connectivity index (χ4n) is 1.58. The second-order valence-electron chi connectivity index (χ2n) is 4.03. The van der Waals surface area contributed by atoms with Crippen molar-refractivity contribution in [1.29, 1.82) is 0 Å². The van der Waals surface area contributed by atoms with Gasteiger partial charge in [-0.2, -0.15) is 0 Å².